The van der Waals surface area contributed by atoms with Crippen LogP contribution in [0.4, 0.5) is 5.69 Å². The Labute approximate surface area is 127 Å². The Morgan fingerprint density at radius 2 is 2.10 bits per heavy atom. The van der Waals surface area contributed by atoms with Crippen molar-refractivity contribution >= 4 is 11.6 Å². The molecule has 116 valence electrons. The molecule has 1 fully saturated rings. The second kappa shape index (κ2) is 6.83. The highest BCUT2D eigenvalue weighted by Crippen LogP contribution is 2.27. The Morgan fingerprint density at radius 3 is 2.76 bits per heavy atom. The van der Waals surface area contributed by atoms with Gasteiger partial charge in [0.05, 0.1) is 12.7 Å². The molecule has 1 amide bonds. The van der Waals surface area contributed by atoms with Crippen LogP contribution in [0, 0.1) is 11.8 Å². The van der Waals surface area contributed by atoms with Gasteiger partial charge in [-0.1, -0.05) is 13.8 Å². The van der Waals surface area contributed by atoms with Gasteiger partial charge in [-0.15, -0.1) is 0 Å². The SMILES string of the molecule is COc1ccc(N)c(C(=O)N2CCCC(C(C)C)CC2)c1. The van der Waals surface area contributed by atoms with Crippen molar-refractivity contribution in [1.82, 2.24) is 4.90 Å². The first-order valence-corrected chi connectivity index (χ1v) is 7.75. The van der Waals surface area contributed by atoms with Crippen molar-refractivity contribution in [2.24, 2.45) is 11.8 Å². The van der Waals surface area contributed by atoms with Crippen LogP contribution in [0.15, 0.2) is 18.2 Å². The maximum absolute atomic E-state index is 12.7. The third-order valence-electron chi connectivity index (χ3n) is 4.49. The number of anilines is 1. The van der Waals surface area contributed by atoms with Crippen LogP contribution in [-0.4, -0.2) is 31.0 Å². The van der Waals surface area contributed by atoms with Gasteiger partial charge in [-0.3, -0.25) is 4.79 Å². The van der Waals surface area contributed by atoms with Gasteiger partial charge in [0.1, 0.15) is 5.75 Å². The van der Waals surface area contributed by atoms with E-state index < -0.39 is 0 Å². The number of ether oxygens (including phenoxy) is 1. The van der Waals surface area contributed by atoms with Gasteiger partial charge < -0.3 is 15.4 Å². The van der Waals surface area contributed by atoms with Crippen LogP contribution in [0.2, 0.25) is 0 Å². The number of likely N-dealkylation sites (tertiary alicyclic amines) is 1. The van der Waals surface area contributed by atoms with Crippen LogP contribution in [0.25, 0.3) is 0 Å². The highest BCUT2D eigenvalue weighted by molar-refractivity contribution is 5.99. The summed E-state index contributed by atoms with van der Waals surface area (Å²) in [6, 6.07) is 5.26. The minimum atomic E-state index is 0.0239. The lowest BCUT2D eigenvalue weighted by atomic mass is 9.89. The van der Waals surface area contributed by atoms with E-state index in [0.717, 1.165) is 25.9 Å². The Kier molecular flexibility index (Phi) is 5.10. The zero-order chi connectivity index (χ0) is 15.4. The van der Waals surface area contributed by atoms with Gasteiger partial charge in [0.25, 0.3) is 5.91 Å². The summed E-state index contributed by atoms with van der Waals surface area (Å²) < 4.78 is 5.19. The van der Waals surface area contributed by atoms with Crippen LogP contribution in [0.1, 0.15) is 43.5 Å². The van der Waals surface area contributed by atoms with E-state index >= 15 is 0 Å². The zero-order valence-electron chi connectivity index (χ0n) is 13.3. The van der Waals surface area contributed by atoms with E-state index in [-0.39, 0.29) is 5.91 Å². The number of amides is 1. The van der Waals surface area contributed by atoms with Crippen molar-refractivity contribution in [2.45, 2.75) is 33.1 Å². The average molecular weight is 290 g/mol. The smallest absolute Gasteiger partial charge is 0.256 e. The molecule has 1 aromatic rings. The minimum Gasteiger partial charge on any atom is -0.497 e. The number of nitrogens with zero attached hydrogens (tertiary/aromatic N) is 1. The summed E-state index contributed by atoms with van der Waals surface area (Å²) in [5.41, 5.74) is 7.04. The number of benzene rings is 1. The number of carbonyl (C=O) groups excluding carboxylic acids is 1. The van der Waals surface area contributed by atoms with Gasteiger partial charge >= 0.3 is 0 Å². The van der Waals surface area contributed by atoms with Crippen LogP contribution < -0.4 is 10.5 Å². The second-order valence-electron chi connectivity index (χ2n) is 6.18. The van der Waals surface area contributed by atoms with E-state index in [0.29, 0.717) is 28.8 Å². The number of methoxy groups -OCH3 is 1. The highest BCUT2D eigenvalue weighted by Gasteiger charge is 2.24. The van der Waals surface area contributed by atoms with Gasteiger partial charge in [0.15, 0.2) is 0 Å². The lowest BCUT2D eigenvalue weighted by Crippen LogP contribution is -2.32. The van der Waals surface area contributed by atoms with Gasteiger partial charge in [-0.2, -0.15) is 0 Å². The molecule has 4 heteroatoms. The highest BCUT2D eigenvalue weighted by atomic mass is 16.5. The molecule has 0 bridgehead atoms. The summed E-state index contributed by atoms with van der Waals surface area (Å²) in [6.07, 6.45) is 3.35. The van der Waals surface area contributed by atoms with E-state index in [1.165, 1.54) is 6.42 Å². The minimum absolute atomic E-state index is 0.0239. The molecule has 0 saturated carbocycles. The van der Waals surface area contributed by atoms with E-state index in [9.17, 15) is 4.79 Å². The molecule has 4 nitrogen and oxygen atoms in total. The van der Waals surface area contributed by atoms with Gasteiger partial charge in [-0.25, -0.2) is 0 Å². The van der Waals surface area contributed by atoms with Crippen LogP contribution >= 0.6 is 0 Å². The molecule has 21 heavy (non-hydrogen) atoms. The first kappa shape index (κ1) is 15.7. The van der Waals surface area contributed by atoms with Crippen molar-refractivity contribution < 1.29 is 9.53 Å². The number of nitrogen functional groups attached to an aromatic ring is 1. The average Bonchev–Trinajstić information content (AvgIpc) is 2.73. The molecule has 1 aliphatic heterocycles. The van der Waals surface area contributed by atoms with E-state index in [1.807, 2.05) is 4.90 Å². The Balaban J connectivity index is 2.13. The van der Waals surface area contributed by atoms with Crippen molar-refractivity contribution in [3.05, 3.63) is 23.8 Å². The van der Waals surface area contributed by atoms with Crippen molar-refractivity contribution in [3.63, 3.8) is 0 Å². The van der Waals surface area contributed by atoms with Gasteiger partial charge in [0.2, 0.25) is 0 Å². The molecule has 1 saturated heterocycles. The Bertz CT molecular complexity index is 500. The molecule has 0 aliphatic carbocycles. The normalized spacial score (nSPS) is 19.4. The molecule has 0 radical (unpaired) electrons. The summed E-state index contributed by atoms with van der Waals surface area (Å²) in [4.78, 5) is 14.6. The van der Waals surface area contributed by atoms with Crippen LogP contribution in [0.3, 0.4) is 0 Å². The largest absolute Gasteiger partial charge is 0.497 e. The summed E-state index contributed by atoms with van der Waals surface area (Å²) in [6.45, 7) is 6.17. The Morgan fingerprint density at radius 1 is 1.33 bits per heavy atom. The second-order valence-corrected chi connectivity index (χ2v) is 6.18. The predicted octanol–water partition coefficient (Wildman–Crippen LogP) is 3.18. The number of hydrogen-bond acceptors (Lipinski definition) is 3. The van der Waals surface area contributed by atoms with Crippen molar-refractivity contribution in [3.8, 4) is 5.75 Å². The summed E-state index contributed by atoms with van der Waals surface area (Å²) in [5.74, 6) is 2.09. The van der Waals surface area contributed by atoms with Crippen molar-refractivity contribution in [1.29, 1.82) is 0 Å². The fourth-order valence-corrected chi connectivity index (χ4v) is 3.01. The standard InChI is InChI=1S/C17H26N2O2/c1-12(2)13-5-4-9-19(10-8-13)17(20)15-11-14(21-3)6-7-16(15)18/h6-7,11-13H,4-5,8-10,18H2,1-3H3. The summed E-state index contributed by atoms with van der Waals surface area (Å²) >= 11 is 0. The van der Waals surface area contributed by atoms with Crippen LogP contribution in [-0.2, 0) is 0 Å². The van der Waals surface area contributed by atoms with E-state index in [2.05, 4.69) is 13.8 Å². The number of hydrogen-bond donors (Lipinski definition) is 1. The number of rotatable bonds is 3. The topological polar surface area (TPSA) is 55.6 Å². The first-order chi connectivity index (χ1) is 10.0. The fourth-order valence-electron chi connectivity index (χ4n) is 3.01. The quantitative estimate of drug-likeness (QED) is 0.870. The molecule has 1 heterocycles. The Hall–Kier alpha value is -1.71. The maximum Gasteiger partial charge on any atom is 0.256 e. The lowest BCUT2D eigenvalue weighted by molar-refractivity contribution is 0.0759. The molecule has 1 aliphatic rings. The molecule has 1 aromatic carbocycles. The molecule has 2 rings (SSSR count). The fraction of sp³-hybridized carbons (Fsp3) is 0.588. The van der Waals surface area contributed by atoms with Crippen LogP contribution in [0.5, 0.6) is 5.75 Å². The summed E-state index contributed by atoms with van der Waals surface area (Å²) in [7, 11) is 1.60. The summed E-state index contributed by atoms with van der Waals surface area (Å²) in [5, 5.41) is 0. The maximum atomic E-state index is 12.7. The molecule has 1 unspecified atom stereocenters. The van der Waals surface area contributed by atoms with Gasteiger partial charge in [-0.05, 0) is 49.3 Å². The third kappa shape index (κ3) is 3.69. The first-order valence-electron chi connectivity index (χ1n) is 7.75. The molecule has 0 aromatic heterocycles. The van der Waals surface area contributed by atoms with E-state index in [1.54, 1.807) is 25.3 Å². The van der Waals surface area contributed by atoms with Gasteiger partial charge in [0, 0.05) is 18.8 Å². The van der Waals surface area contributed by atoms with E-state index in [4.69, 9.17) is 10.5 Å². The molecular formula is C17H26N2O2. The lowest BCUT2D eigenvalue weighted by Gasteiger charge is -2.22. The molecular weight excluding hydrogens is 264 g/mol. The predicted molar refractivity (Wildman–Crippen MR) is 85.5 cm³/mol. The molecule has 1 atom stereocenters. The number of carbonyl (C=O) groups is 1. The van der Waals surface area contributed by atoms with Crippen molar-refractivity contribution in [2.75, 3.05) is 25.9 Å². The third-order valence-corrected chi connectivity index (χ3v) is 4.49. The molecule has 0 spiro atoms. The molecule has 2 N–H and O–H groups in total. The number of nitrogens with two attached hydrogens (primary N) is 1. The zero-order valence-corrected chi connectivity index (χ0v) is 13.3. The monoisotopic (exact) mass is 290 g/mol.